The van der Waals surface area contributed by atoms with Gasteiger partial charge in [-0.1, -0.05) is 30.3 Å². The van der Waals surface area contributed by atoms with Gasteiger partial charge in [0, 0.05) is 19.7 Å². The second-order valence-corrected chi connectivity index (χ2v) is 3.97. The number of benzene rings is 1. The third-order valence-electron chi connectivity index (χ3n) is 2.60. The van der Waals surface area contributed by atoms with E-state index in [-0.39, 0.29) is 12.5 Å². The Morgan fingerprint density at radius 3 is 2.67 bits per heavy atom. The van der Waals surface area contributed by atoms with Crippen molar-refractivity contribution in [2.75, 3.05) is 26.4 Å². The summed E-state index contributed by atoms with van der Waals surface area (Å²) in [4.78, 5) is 13.6. The molecule has 1 amide bonds. The lowest BCUT2D eigenvalue weighted by molar-refractivity contribution is -0.133. The van der Waals surface area contributed by atoms with E-state index in [0.29, 0.717) is 32.7 Å². The number of carbonyl (C=O) groups excluding carboxylic acids is 1. The second-order valence-electron chi connectivity index (χ2n) is 3.97. The van der Waals surface area contributed by atoms with Crippen molar-refractivity contribution in [1.82, 2.24) is 4.90 Å². The van der Waals surface area contributed by atoms with E-state index < -0.39 is 0 Å². The van der Waals surface area contributed by atoms with Gasteiger partial charge in [-0.15, -0.1) is 0 Å². The van der Waals surface area contributed by atoms with Crippen molar-refractivity contribution in [3.63, 3.8) is 0 Å². The van der Waals surface area contributed by atoms with E-state index in [9.17, 15) is 4.79 Å². The van der Waals surface area contributed by atoms with Gasteiger partial charge in [0.05, 0.1) is 19.6 Å². The summed E-state index contributed by atoms with van der Waals surface area (Å²) in [5.41, 5.74) is 1.07. The molecule has 100 valence electrons. The molecular formula is C14H21NO3. The highest BCUT2D eigenvalue weighted by molar-refractivity contribution is 5.76. The van der Waals surface area contributed by atoms with Crippen molar-refractivity contribution in [2.24, 2.45) is 0 Å². The molecule has 0 saturated carbocycles. The van der Waals surface area contributed by atoms with Crippen LogP contribution in [0.2, 0.25) is 0 Å². The van der Waals surface area contributed by atoms with Crippen LogP contribution >= 0.6 is 0 Å². The molecule has 0 aliphatic carbocycles. The smallest absolute Gasteiger partial charge is 0.225 e. The normalized spacial score (nSPS) is 10.3. The predicted octanol–water partition coefficient (Wildman–Crippen LogP) is 1.43. The Labute approximate surface area is 108 Å². The summed E-state index contributed by atoms with van der Waals surface area (Å²) < 4.78 is 5.17. The van der Waals surface area contributed by atoms with Crippen LogP contribution in [0.5, 0.6) is 0 Å². The number of amides is 1. The van der Waals surface area contributed by atoms with Crippen molar-refractivity contribution in [3.05, 3.63) is 35.9 Å². The molecular weight excluding hydrogens is 230 g/mol. The Balaban J connectivity index is 2.50. The first-order chi connectivity index (χ1) is 8.77. The molecule has 0 heterocycles. The van der Waals surface area contributed by atoms with Crippen LogP contribution in [0.1, 0.15) is 18.9 Å². The molecule has 1 aromatic carbocycles. The number of carbonyl (C=O) groups is 1. The van der Waals surface area contributed by atoms with Gasteiger partial charge < -0.3 is 14.7 Å². The van der Waals surface area contributed by atoms with Gasteiger partial charge in [-0.2, -0.15) is 0 Å². The van der Waals surface area contributed by atoms with Crippen LogP contribution in [-0.4, -0.2) is 42.3 Å². The molecule has 0 atom stereocenters. The minimum Gasteiger partial charge on any atom is -0.395 e. The van der Waals surface area contributed by atoms with Crippen LogP contribution in [0.3, 0.4) is 0 Å². The summed E-state index contributed by atoms with van der Waals surface area (Å²) in [5, 5.41) is 9.01. The van der Waals surface area contributed by atoms with Gasteiger partial charge in [0.15, 0.2) is 0 Å². The number of hydrogen-bond donors (Lipinski definition) is 1. The summed E-state index contributed by atoms with van der Waals surface area (Å²) in [6, 6.07) is 9.77. The van der Waals surface area contributed by atoms with Crippen molar-refractivity contribution in [2.45, 2.75) is 19.9 Å². The van der Waals surface area contributed by atoms with Crippen LogP contribution in [0.4, 0.5) is 0 Å². The first kappa shape index (κ1) is 14.7. The van der Waals surface area contributed by atoms with Crippen LogP contribution < -0.4 is 0 Å². The van der Waals surface area contributed by atoms with Crippen LogP contribution in [0, 0.1) is 0 Å². The lowest BCUT2D eigenvalue weighted by Gasteiger charge is -2.22. The lowest BCUT2D eigenvalue weighted by Crippen LogP contribution is -2.33. The maximum atomic E-state index is 11.9. The number of aliphatic hydroxyl groups excluding tert-OH is 1. The van der Waals surface area contributed by atoms with Gasteiger partial charge in [0.1, 0.15) is 0 Å². The molecule has 1 rings (SSSR count). The fraction of sp³-hybridized carbons (Fsp3) is 0.500. The monoisotopic (exact) mass is 251 g/mol. The summed E-state index contributed by atoms with van der Waals surface area (Å²) >= 11 is 0. The third kappa shape index (κ3) is 5.29. The zero-order valence-electron chi connectivity index (χ0n) is 10.8. The van der Waals surface area contributed by atoms with Crippen molar-refractivity contribution >= 4 is 5.91 Å². The number of rotatable bonds is 8. The molecule has 1 N–H and O–H groups in total. The standard InChI is InChI=1S/C14H21NO3/c1-2-18-11-8-14(17)15(9-10-16)12-13-6-4-3-5-7-13/h3-7,16H,2,8-12H2,1H3. The van der Waals surface area contributed by atoms with E-state index >= 15 is 0 Å². The van der Waals surface area contributed by atoms with Gasteiger partial charge in [0.2, 0.25) is 5.91 Å². The molecule has 0 bridgehead atoms. The number of hydrogen-bond acceptors (Lipinski definition) is 3. The molecule has 0 aliphatic heterocycles. The fourth-order valence-corrected chi connectivity index (χ4v) is 1.68. The topological polar surface area (TPSA) is 49.8 Å². The van der Waals surface area contributed by atoms with Crippen LogP contribution in [0.15, 0.2) is 30.3 Å². The number of nitrogens with zero attached hydrogens (tertiary/aromatic N) is 1. The highest BCUT2D eigenvalue weighted by Crippen LogP contribution is 2.06. The predicted molar refractivity (Wildman–Crippen MR) is 70.1 cm³/mol. The van der Waals surface area contributed by atoms with Gasteiger partial charge >= 0.3 is 0 Å². The average Bonchev–Trinajstić information content (AvgIpc) is 2.39. The Bertz CT molecular complexity index is 340. The van der Waals surface area contributed by atoms with Gasteiger partial charge in [-0.25, -0.2) is 0 Å². The first-order valence-electron chi connectivity index (χ1n) is 6.28. The Kier molecular flexibility index (Phi) is 7.06. The molecule has 0 saturated heterocycles. The van der Waals surface area contributed by atoms with Crippen molar-refractivity contribution < 1.29 is 14.6 Å². The van der Waals surface area contributed by atoms with E-state index in [1.807, 2.05) is 37.3 Å². The fourth-order valence-electron chi connectivity index (χ4n) is 1.68. The minimum atomic E-state index is -0.0206. The minimum absolute atomic E-state index is 0.0151. The zero-order valence-corrected chi connectivity index (χ0v) is 10.8. The largest absolute Gasteiger partial charge is 0.395 e. The van der Waals surface area contributed by atoms with E-state index in [1.165, 1.54) is 0 Å². The van der Waals surface area contributed by atoms with E-state index in [1.54, 1.807) is 4.90 Å². The third-order valence-corrected chi connectivity index (χ3v) is 2.60. The maximum absolute atomic E-state index is 11.9. The zero-order chi connectivity index (χ0) is 13.2. The van der Waals surface area contributed by atoms with E-state index in [2.05, 4.69) is 0 Å². The molecule has 1 aromatic rings. The summed E-state index contributed by atoms with van der Waals surface area (Å²) in [6.45, 7) is 3.83. The highest BCUT2D eigenvalue weighted by Gasteiger charge is 2.12. The van der Waals surface area contributed by atoms with Gasteiger partial charge in [-0.3, -0.25) is 4.79 Å². The molecule has 4 heteroatoms. The molecule has 0 spiro atoms. The number of aliphatic hydroxyl groups is 1. The van der Waals surface area contributed by atoms with Crippen LogP contribution in [0.25, 0.3) is 0 Å². The Morgan fingerprint density at radius 1 is 1.33 bits per heavy atom. The second kappa shape index (κ2) is 8.66. The first-order valence-corrected chi connectivity index (χ1v) is 6.28. The van der Waals surface area contributed by atoms with Crippen LogP contribution in [-0.2, 0) is 16.1 Å². The van der Waals surface area contributed by atoms with Crippen molar-refractivity contribution in [3.8, 4) is 0 Å². The molecule has 0 fully saturated rings. The average molecular weight is 251 g/mol. The Morgan fingerprint density at radius 2 is 2.06 bits per heavy atom. The molecule has 18 heavy (non-hydrogen) atoms. The summed E-state index contributed by atoms with van der Waals surface area (Å²) in [6.07, 6.45) is 0.362. The lowest BCUT2D eigenvalue weighted by atomic mass is 10.2. The molecule has 0 aromatic heterocycles. The number of ether oxygens (including phenoxy) is 1. The van der Waals surface area contributed by atoms with E-state index in [0.717, 1.165) is 5.56 Å². The molecule has 0 unspecified atom stereocenters. The van der Waals surface area contributed by atoms with Gasteiger partial charge in [-0.05, 0) is 12.5 Å². The Hall–Kier alpha value is -1.39. The quantitative estimate of drug-likeness (QED) is 0.711. The molecule has 0 radical (unpaired) electrons. The van der Waals surface area contributed by atoms with Gasteiger partial charge in [0.25, 0.3) is 0 Å². The maximum Gasteiger partial charge on any atom is 0.225 e. The SMILES string of the molecule is CCOCCC(=O)N(CCO)Cc1ccccc1. The van der Waals surface area contributed by atoms with E-state index in [4.69, 9.17) is 9.84 Å². The van der Waals surface area contributed by atoms with Crippen molar-refractivity contribution in [1.29, 1.82) is 0 Å². The molecule has 4 nitrogen and oxygen atoms in total. The highest BCUT2D eigenvalue weighted by atomic mass is 16.5. The summed E-state index contributed by atoms with van der Waals surface area (Å²) in [7, 11) is 0. The molecule has 0 aliphatic rings. The summed E-state index contributed by atoms with van der Waals surface area (Å²) in [5.74, 6) is 0.0151.